The molecule has 2 fully saturated rings. The number of halogens is 1. The number of likely N-dealkylation sites (tertiary alicyclic amines) is 2. The van der Waals surface area contributed by atoms with Crippen LogP contribution in [-0.2, 0) is 0 Å². The minimum Gasteiger partial charge on any atom is -0.478 e. The molecule has 326 valence electrons. The van der Waals surface area contributed by atoms with E-state index in [1.165, 1.54) is 54.3 Å². The standard InChI is InChI=1S/C21H23N5O3S.C12H10BrN3O3.C10H16N2S/c1-14(15-3-7-22-8-4-15)29-18-11-17(12-23-20(18)26(27)28)19-13-24-21(30-19)16-5-9-25(2)10-6-16;1-8(9-2-4-14-5-3-9)19-11-6-10(13)7-15-12(11)16(17)18;1-8-7-11-10(13-8)9-3-5-12(2)6-4-9/h3-4,7-8,11-14,16H,5-6,9-10H2,1-2H3;2-8H,1H3;7,9H,3-6H2,1-2H3. The van der Waals surface area contributed by atoms with Crippen molar-refractivity contribution < 1.29 is 19.3 Å². The molecule has 2 unspecified atom stereocenters. The third-order valence-corrected chi connectivity index (χ3v) is 13.2. The van der Waals surface area contributed by atoms with Gasteiger partial charge in [-0.2, -0.15) is 0 Å². The summed E-state index contributed by atoms with van der Waals surface area (Å²) < 4.78 is 12.2. The zero-order valence-electron chi connectivity index (χ0n) is 35.2. The van der Waals surface area contributed by atoms with Crippen molar-refractivity contribution in [1.29, 1.82) is 0 Å². The highest BCUT2D eigenvalue weighted by molar-refractivity contribution is 9.10. The van der Waals surface area contributed by atoms with Crippen LogP contribution in [0, 0.1) is 27.2 Å². The summed E-state index contributed by atoms with van der Waals surface area (Å²) in [7, 11) is 4.34. The number of ether oxygens (including phenoxy) is 2. The fourth-order valence-corrected chi connectivity index (χ4v) is 9.22. The van der Waals surface area contributed by atoms with Crippen LogP contribution in [0.5, 0.6) is 11.5 Å². The van der Waals surface area contributed by atoms with Crippen LogP contribution >= 0.6 is 38.6 Å². The highest BCUT2D eigenvalue weighted by Gasteiger charge is 2.25. The maximum absolute atomic E-state index is 11.5. The summed E-state index contributed by atoms with van der Waals surface area (Å²) in [6.45, 7) is 10.4. The molecule has 19 heteroatoms. The second-order valence-electron chi connectivity index (χ2n) is 15.1. The van der Waals surface area contributed by atoms with Crippen LogP contribution < -0.4 is 9.47 Å². The summed E-state index contributed by atoms with van der Waals surface area (Å²) in [6, 6.07) is 10.5. The van der Waals surface area contributed by atoms with Crippen molar-refractivity contribution in [3.8, 4) is 21.9 Å². The fraction of sp³-hybridized carbons (Fsp3) is 0.395. The zero-order chi connectivity index (χ0) is 44.2. The van der Waals surface area contributed by atoms with Crippen LogP contribution in [0.25, 0.3) is 10.4 Å². The number of thiazole rings is 2. The molecular weight excluding hydrogens is 897 g/mol. The lowest BCUT2D eigenvalue weighted by atomic mass is 9.98. The predicted octanol–water partition coefficient (Wildman–Crippen LogP) is 10.0. The van der Waals surface area contributed by atoms with Crippen LogP contribution in [0.2, 0.25) is 0 Å². The molecule has 2 saturated heterocycles. The van der Waals surface area contributed by atoms with Gasteiger partial charge in [0.25, 0.3) is 0 Å². The van der Waals surface area contributed by atoms with Gasteiger partial charge in [-0.05, 0) is 158 Å². The van der Waals surface area contributed by atoms with Gasteiger partial charge in [0.05, 0.1) is 19.4 Å². The number of aryl methyl sites for hydroxylation is 1. The van der Waals surface area contributed by atoms with Gasteiger partial charge in [-0.25, -0.2) is 9.97 Å². The third-order valence-electron chi connectivity index (χ3n) is 10.5. The van der Waals surface area contributed by atoms with E-state index in [4.69, 9.17) is 9.47 Å². The van der Waals surface area contributed by atoms with Gasteiger partial charge in [0.15, 0.2) is 6.20 Å². The Bertz CT molecular complexity index is 2380. The smallest absolute Gasteiger partial charge is 0.406 e. The lowest BCUT2D eigenvalue weighted by Gasteiger charge is -2.27. The SMILES string of the molecule is CC(Oc1cc(-c2cnc(C3CCN(C)CC3)s2)cnc1[N+](=O)[O-])c1ccncc1.CC(Oc1cc(Br)cnc1[N+](=O)[O-])c1ccncc1.Cc1cnc(C2CCN(C)CC2)s1. The molecule has 0 radical (unpaired) electrons. The van der Waals surface area contributed by atoms with Crippen LogP contribution in [-0.4, -0.2) is 89.8 Å². The van der Waals surface area contributed by atoms with Crippen LogP contribution in [0.15, 0.2) is 90.4 Å². The summed E-state index contributed by atoms with van der Waals surface area (Å²) in [5.41, 5.74) is 2.53. The molecule has 0 aliphatic carbocycles. The molecule has 8 rings (SSSR count). The summed E-state index contributed by atoms with van der Waals surface area (Å²) in [5.74, 6) is 0.881. The molecule has 16 nitrogen and oxygen atoms in total. The zero-order valence-corrected chi connectivity index (χ0v) is 38.4. The topological polar surface area (TPSA) is 189 Å². The minimum atomic E-state index is -0.568. The third kappa shape index (κ3) is 12.9. The number of rotatable bonds is 11. The Morgan fingerprint density at radius 3 is 1.60 bits per heavy atom. The molecule has 62 heavy (non-hydrogen) atoms. The number of pyridine rings is 4. The molecule has 0 aromatic carbocycles. The van der Waals surface area contributed by atoms with Gasteiger partial charge in [0.1, 0.15) is 18.4 Å². The van der Waals surface area contributed by atoms with E-state index in [2.05, 4.69) is 76.7 Å². The van der Waals surface area contributed by atoms with Crippen molar-refractivity contribution in [2.24, 2.45) is 0 Å². The molecule has 0 amide bonds. The quantitative estimate of drug-likeness (QED) is 0.0881. The maximum atomic E-state index is 11.5. The minimum absolute atomic E-state index is 0.128. The molecule has 8 heterocycles. The highest BCUT2D eigenvalue weighted by atomic mass is 79.9. The van der Waals surface area contributed by atoms with Crippen molar-refractivity contribution >= 4 is 50.2 Å². The summed E-state index contributed by atoms with van der Waals surface area (Å²) in [4.78, 5) is 53.1. The van der Waals surface area contributed by atoms with E-state index in [0.717, 1.165) is 58.4 Å². The van der Waals surface area contributed by atoms with E-state index in [9.17, 15) is 20.2 Å². The van der Waals surface area contributed by atoms with Gasteiger partial charge in [0, 0.05) is 71.6 Å². The molecule has 0 bridgehead atoms. The first-order valence-corrected chi connectivity index (χ1v) is 22.6. The first kappa shape index (κ1) is 46.2. The normalized spacial score (nSPS) is 15.9. The molecule has 6 aromatic heterocycles. The monoisotopic (exact) mass is 944 g/mol. The number of nitrogens with zero attached hydrogens (tertiary/aromatic N) is 10. The van der Waals surface area contributed by atoms with Crippen molar-refractivity contribution in [2.45, 2.75) is 70.5 Å². The first-order valence-electron chi connectivity index (χ1n) is 20.2. The van der Waals surface area contributed by atoms with E-state index >= 15 is 0 Å². The second kappa shape index (κ2) is 22.1. The number of aromatic nitrogens is 6. The second-order valence-corrected chi connectivity index (χ2v) is 18.4. The van der Waals surface area contributed by atoms with E-state index in [1.807, 2.05) is 42.8 Å². The van der Waals surface area contributed by atoms with Crippen LogP contribution in [0.4, 0.5) is 11.6 Å². The maximum Gasteiger partial charge on any atom is 0.406 e. The summed E-state index contributed by atoms with van der Waals surface area (Å²) in [6.07, 6.45) is 17.4. The summed E-state index contributed by atoms with van der Waals surface area (Å²) in [5, 5.41) is 24.8. The Labute approximate surface area is 376 Å². The fourth-order valence-electron chi connectivity index (χ4n) is 6.90. The van der Waals surface area contributed by atoms with Crippen LogP contribution in [0.3, 0.4) is 0 Å². The molecular formula is C43H49BrN10O6S2. The average molecular weight is 946 g/mol. The van der Waals surface area contributed by atoms with Crippen molar-refractivity contribution in [3.05, 3.63) is 137 Å². The highest BCUT2D eigenvalue weighted by Crippen LogP contribution is 2.38. The molecule has 0 saturated carbocycles. The van der Waals surface area contributed by atoms with Gasteiger partial charge in [-0.3, -0.25) is 9.97 Å². The lowest BCUT2D eigenvalue weighted by molar-refractivity contribution is -0.390. The van der Waals surface area contributed by atoms with Gasteiger partial charge in [-0.1, -0.05) is 0 Å². The van der Waals surface area contributed by atoms with Crippen molar-refractivity contribution in [1.82, 2.24) is 39.7 Å². The van der Waals surface area contributed by atoms with E-state index < -0.39 is 9.85 Å². The number of hydrogen-bond acceptors (Lipinski definition) is 16. The lowest BCUT2D eigenvalue weighted by Crippen LogP contribution is -2.29. The van der Waals surface area contributed by atoms with Gasteiger partial charge >= 0.3 is 11.6 Å². The molecule has 2 aliphatic heterocycles. The van der Waals surface area contributed by atoms with Crippen LogP contribution in [0.1, 0.15) is 89.6 Å². The van der Waals surface area contributed by atoms with Crippen molar-refractivity contribution in [3.63, 3.8) is 0 Å². The summed E-state index contributed by atoms with van der Waals surface area (Å²) >= 11 is 6.71. The van der Waals surface area contributed by atoms with E-state index in [0.29, 0.717) is 10.4 Å². The average Bonchev–Trinajstić information content (AvgIpc) is 3.95. The first-order chi connectivity index (χ1) is 29.8. The van der Waals surface area contributed by atoms with Crippen molar-refractivity contribution in [2.75, 3.05) is 40.3 Å². The Balaban J connectivity index is 0.000000171. The number of piperidine rings is 2. The van der Waals surface area contributed by atoms with E-state index in [1.54, 1.807) is 61.2 Å². The van der Waals surface area contributed by atoms with Gasteiger partial charge < -0.3 is 39.5 Å². The predicted molar refractivity (Wildman–Crippen MR) is 243 cm³/mol. The number of nitro groups is 2. The largest absolute Gasteiger partial charge is 0.478 e. The molecule has 2 aliphatic rings. The van der Waals surface area contributed by atoms with Gasteiger partial charge in [0.2, 0.25) is 11.5 Å². The Morgan fingerprint density at radius 2 is 1.13 bits per heavy atom. The Kier molecular flexibility index (Phi) is 16.5. The molecule has 0 N–H and O–H groups in total. The molecule has 6 aromatic rings. The Morgan fingerprint density at radius 1 is 0.677 bits per heavy atom. The van der Waals surface area contributed by atoms with E-state index in [-0.39, 0.29) is 35.3 Å². The molecule has 0 spiro atoms. The Hall–Kier alpha value is -5.34. The number of hydrogen-bond donors (Lipinski definition) is 0. The van der Waals surface area contributed by atoms with Gasteiger partial charge in [-0.15, -0.1) is 22.7 Å². The molecule has 2 atom stereocenters.